The van der Waals surface area contributed by atoms with Crippen molar-refractivity contribution >= 4 is 21.2 Å². The smallest absolute Gasteiger partial charge is 0.336 e. The van der Waals surface area contributed by atoms with Crippen molar-refractivity contribution in [2.24, 2.45) is 0 Å². The number of fused-ring (bicyclic) bond motifs is 1. The summed E-state index contributed by atoms with van der Waals surface area (Å²) in [7, 11) is -3.39. The summed E-state index contributed by atoms with van der Waals surface area (Å²) in [5.74, 6) is 0. The molecule has 8 heteroatoms. The third kappa shape index (κ3) is 4.30. The maximum Gasteiger partial charge on any atom is 0.336 e. The van der Waals surface area contributed by atoms with Crippen molar-refractivity contribution in [2.45, 2.75) is 33.7 Å². The van der Waals surface area contributed by atoms with Crippen LogP contribution in [-0.2, 0) is 23.2 Å². The molecule has 2 aromatic rings. The van der Waals surface area contributed by atoms with Crippen LogP contribution in [0.5, 0.6) is 0 Å². The Labute approximate surface area is 166 Å². The Morgan fingerprint density at radius 1 is 1.04 bits per heavy atom. The van der Waals surface area contributed by atoms with Crippen LogP contribution in [0.4, 0.5) is 0 Å². The van der Waals surface area contributed by atoms with Crippen LogP contribution in [0.15, 0.2) is 33.5 Å². The van der Waals surface area contributed by atoms with Gasteiger partial charge in [0.15, 0.2) is 0 Å². The Bertz CT molecular complexity index is 975. The monoisotopic (exact) mass is 407 g/mol. The lowest BCUT2D eigenvalue weighted by Crippen LogP contribution is -2.52. The number of nitrogens with zero attached hydrogens (tertiary/aromatic N) is 3. The second kappa shape index (κ2) is 8.73. The first-order valence-corrected chi connectivity index (χ1v) is 11.3. The molecule has 0 bridgehead atoms. The van der Waals surface area contributed by atoms with Gasteiger partial charge in [-0.2, -0.15) is 17.0 Å². The van der Waals surface area contributed by atoms with Crippen molar-refractivity contribution in [3.8, 4) is 0 Å². The summed E-state index contributed by atoms with van der Waals surface area (Å²) in [6.07, 6.45) is 0.882. The molecule has 0 amide bonds. The highest BCUT2D eigenvalue weighted by Gasteiger charge is 2.30. The predicted molar refractivity (Wildman–Crippen MR) is 111 cm³/mol. The molecule has 154 valence electrons. The average Bonchev–Trinajstić information content (AvgIpc) is 2.68. The summed E-state index contributed by atoms with van der Waals surface area (Å²) >= 11 is 0. The van der Waals surface area contributed by atoms with E-state index < -0.39 is 10.2 Å². The standard InChI is InChI=1S/C20H29N3O4S/c1-4-16-7-8-18-17(14-20(24)27-19(18)13-16)15-21-9-11-23(12-10-21)28(25,26)22(5-2)6-3/h7-8,13-14H,4-6,9-12,15H2,1-3H3. The van der Waals surface area contributed by atoms with Crippen molar-refractivity contribution in [3.05, 3.63) is 45.8 Å². The quantitative estimate of drug-likeness (QED) is 0.657. The Morgan fingerprint density at radius 3 is 2.32 bits per heavy atom. The molecule has 2 heterocycles. The van der Waals surface area contributed by atoms with E-state index in [1.54, 1.807) is 10.4 Å². The fourth-order valence-electron chi connectivity index (χ4n) is 3.70. The lowest BCUT2D eigenvalue weighted by Gasteiger charge is -2.36. The first kappa shape index (κ1) is 21.0. The second-order valence-corrected chi connectivity index (χ2v) is 8.97. The first-order chi connectivity index (χ1) is 13.4. The number of piperazine rings is 1. The van der Waals surface area contributed by atoms with E-state index in [2.05, 4.69) is 17.9 Å². The molecule has 0 radical (unpaired) electrons. The van der Waals surface area contributed by atoms with E-state index in [0.29, 0.717) is 51.4 Å². The summed E-state index contributed by atoms with van der Waals surface area (Å²) < 4.78 is 33.8. The van der Waals surface area contributed by atoms with Gasteiger partial charge in [-0.15, -0.1) is 0 Å². The van der Waals surface area contributed by atoms with Crippen LogP contribution in [0.25, 0.3) is 11.0 Å². The highest BCUT2D eigenvalue weighted by Crippen LogP contribution is 2.21. The van der Waals surface area contributed by atoms with E-state index in [4.69, 9.17) is 4.42 Å². The Morgan fingerprint density at radius 2 is 1.71 bits per heavy atom. The molecule has 1 saturated heterocycles. The van der Waals surface area contributed by atoms with E-state index in [0.717, 1.165) is 22.9 Å². The zero-order chi connectivity index (χ0) is 20.3. The normalized spacial score (nSPS) is 16.9. The topological polar surface area (TPSA) is 74.1 Å². The van der Waals surface area contributed by atoms with Crippen LogP contribution in [0, 0.1) is 0 Å². The molecule has 1 aliphatic rings. The summed E-state index contributed by atoms with van der Waals surface area (Å²) in [6, 6.07) is 7.54. The van der Waals surface area contributed by atoms with E-state index in [1.165, 1.54) is 4.31 Å². The minimum absolute atomic E-state index is 0.349. The van der Waals surface area contributed by atoms with E-state index in [9.17, 15) is 13.2 Å². The molecular weight excluding hydrogens is 378 g/mol. The number of hydrogen-bond donors (Lipinski definition) is 0. The summed E-state index contributed by atoms with van der Waals surface area (Å²) in [4.78, 5) is 14.2. The van der Waals surface area contributed by atoms with Gasteiger partial charge in [-0.25, -0.2) is 4.79 Å². The van der Waals surface area contributed by atoms with E-state index in [-0.39, 0.29) is 5.63 Å². The fraction of sp³-hybridized carbons (Fsp3) is 0.550. The minimum atomic E-state index is -3.39. The van der Waals surface area contributed by atoms with E-state index >= 15 is 0 Å². The molecule has 0 saturated carbocycles. The van der Waals surface area contributed by atoms with Crippen molar-refractivity contribution in [3.63, 3.8) is 0 Å². The van der Waals surface area contributed by atoms with Crippen LogP contribution in [-0.4, -0.2) is 61.2 Å². The van der Waals surface area contributed by atoms with Gasteiger partial charge in [0.2, 0.25) is 0 Å². The van der Waals surface area contributed by atoms with Crippen molar-refractivity contribution in [1.82, 2.24) is 13.5 Å². The Kier molecular flexibility index (Phi) is 6.54. The molecule has 7 nitrogen and oxygen atoms in total. The molecule has 0 N–H and O–H groups in total. The lowest BCUT2D eigenvalue weighted by atomic mass is 10.1. The van der Waals surface area contributed by atoms with Crippen LogP contribution < -0.4 is 5.63 Å². The van der Waals surface area contributed by atoms with Gasteiger partial charge in [-0.05, 0) is 23.6 Å². The maximum absolute atomic E-state index is 12.7. The zero-order valence-corrected chi connectivity index (χ0v) is 17.7. The number of rotatable bonds is 7. The van der Waals surface area contributed by atoms with Crippen LogP contribution >= 0.6 is 0 Å². The largest absolute Gasteiger partial charge is 0.423 e. The maximum atomic E-state index is 12.7. The highest BCUT2D eigenvalue weighted by molar-refractivity contribution is 7.86. The summed E-state index contributed by atoms with van der Waals surface area (Å²) in [5, 5.41) is 0.940. The molecule has 0 unspecified atom stereocenters. The fourth-order valence-corrected chi connectivity index (χ4v) is 5.30. The van der Waals surface area contributed by atoms with Gasteiger partial charge in [0.05, 0.1) is 0 Å². The minimum Gasteiger partial charge on any atom is -0.423 e. The van der Waals surface area contributed by atoms with Crippen LogP contribution in [0.3, 0.4) is 0 Å². The van der Waals surface area contributed by atoms with Crippen molar-refractivity contribution < 1.29 is 12.8 Å². The molecule has 0 spiro atoms. The predicted octanol–water partition coefficient (Wildman–Crippen LogP) is 2.06. The number of benzene rings is 1. The highest BCUT2D eigenvalue weighted by atomic mass is 32.2. The molecule has 1 fully saturated rings. The second-order valence-electron chi connectivity index (χ2n) is 7.04. The Hall–Kier alpha value is -1.74. The number of aryl methyl sites for hydroxylation is 1. The van der Waals surface area contributed by atoms with Crippen LogP contribution in [0.2, 0.25) is 0 Å². The zero-order valence-electron chi connectivity index (χ0n) is 16.8. The van der Waals surface area contributed by atoms with Crippen LogP contribution in [0.1, 0.15) is 31.9 Å². The average molecular weight is 408 g/mol. The van der Waals surface area contributed by atoms with Gasteiger partial charge in [0.1, 0.15) is 5.58 Å². The van der Waals surface area contributed by atoms with Gasteiger partial charge < -0.3 is 4.42 Å². The SMILES string of the molecule is CCc1ccc2c(CN3CCN(S(=O)(=O)N(CC)CC)CC3)cc(=O)oc2c1. The Balaban J connectivity index is 1.74. The molecular formula is C20H29N3O4S. The van der Waals surface area contributed by atoms with Crippen molar-refractivity contribution in [1.29, 1.82) is 0 Å². The van der Waals surface area contributed by atoms with Gasteiger partial charge in [-0.1, -0.05) is 32.9 Å². The lowest BCUT2D eigenvalue weighted by molar-refractivity contribution is 0.175. The van der Waals surface area contributed by atoms with Crippen molar-refractivity contribution in [2.75, 3.05) is 39.3 Å². The molecule has 1 aromatic heterocycles. The van der Waals surface area contributed by atoms with Gasteiger partial charge in [0, 0.05) is 57.3 Å². The molecule has 1 aliphatic heterocycles. The third-order valence-electron chi connectivity index (χ3n) is 5.39. The summed E-state index contributed by atoms with van der Waals surface area (Å²) in [6.45, 7) is 9.51. The van der Waals surface area contributed by atoms with Gasteiger partial charge in [-0.3, -0.25) is 4.90 Å². The molecule has 0 atom stereocenters. The van der Waals surface area contributed by atoms with E-state index in [1.807, 2.05) is 26.0 Å². The molecule has 28 heavy (non-hydrogen) atoms. The molecule has 1 aromatic carbocycles. The third-order valence-corrected chi connectivity index (χ3v) is 7.57. The van der Waals surface area contributed by atoms with Gasteiger partial charge in [0.25, 0.3) is 10.2 Å². The number of hydrogen-bond acceptors (Lipinski definition) is 5. The molecule has 3 rings (SSSR count). The van der Waals surface area contributed by atoms with Gasteiger partial charge >= 0.3 is 5.63 Å². The summed E-state index contributed by atoms with van der Waals surface area (Å²) in [5.41, 5.74) is 2.32. The first-order valence-electron chi connectivity index (χ1n) is 9.92. The molecule has 0 aliphatic carbocycles.